The molecule has 0 aliphatic carbocycles. The van der Waals surface area contributed by atoms with E-state index >= 15 is 0 Å². The molecule has 0 aromatic carbocycles. The first-order valence-corrected chi connectivity index (χ1v) is 8.68. The van der Waals surface area contributed by atoms with Crippen molar-refractivity contribution in [1.82, 2.24) is 0 Å². The zero-order chi connectivity index (χ0) is 17.9. The number of rotatable bonds is 10. The van der Waals surface area contributed by atoms with Gasteiger partial charge in [0.05, 0.1) is 24.7 Å². The van der Waals surface area contributed by atoms with Gasteiger partial charge in [0.15, 0.2) is 6.29 Å². The van der Waals surface area contributed by atoms with Gasteiger partial charge >= 0.3 is 5.97 Å². The molecule has 1 rings (SSSR count). The van der Waals surface area contributed by atoms with Crippen molar-refractivity contribution in [3.8, 4) is 0 Å². The number of hydrogen-bond acceptors (Lipinski definition) is 5. The van der Waals surface area contributed by atoms with E-state index in [1.54, 1.807) is 24.3 Å². The fourth-order valence-electron chi connectivity index (χ4n) is 2.79. The third kappa shape index (κ3) is 8.06. The minimum atomic E-state index is -1.04. The van der Waals surface area contributed by atoms with Crippen LogP contribution in [0.1, 0.15) is 51.9 Å². The summed E-state index contributed by atoms with van der Waals surface area (Å²) in [6.45, 7) is 2.10. The highest BCUT2D eigenvalue weighted by molar-refractivity contribution is 5.68. The fourth-order valence-corrected chi connectivity index (χ4v) is 2.79. The maximum absolute atomic E-state index is 10.5. The van der Waals surface area contributed by atoms with Gasteiger partial charge in [0.1, 0.15) is 0 Å². The van der Waals surface area contributed by atoms with Gasteiger partial charge in [-0.05, 0) is 12.8 Å². The number of aliphatic hydroxyl groups excluding tert-OH is 3. The average molecular weight is 342 g/mol. The van der Waals surface area contributed by atoms with Crippen molar-refractivity contribution in [2.45, 2.75) is 76.5 Å². The summed E-state index contributed by atoms with van der Waals surface area (Å²) in [6, 6.07) is 0. The number of unbranched alkanes of at least 4 members (excludes halogenated alkanes) is 2. The molecule has 4 N–H and O–H groups in total. The Hall–Kier alpha value is -1.21. The van der Waals surface area contributed by atoms with Crippen LogP contribution in [0.4, 0.5) is 0 Å². The van der Waals surface area contributed by atoms with Gasteiger partial charge in [0.2, 0.25) is 0 Å². The van der Waals surface area contributed by atoms with Crippen molar-refractivity contribution >= 4 is 5.97 Å². The number of aliphatic hydroxyl groups is 3. The van der Waals surface area contributed by atoms with Crippen molar-refractivity contribution < 1.29 is 30.0 Å². The lowest BCUT2D eigenvalue weighted by molar-refractivity contribution is -0.199. The highest BCUT2D eigenvalue weighted by atomic mass is 16.6. The van der Waals surface area contributed by atoms with E-state index in [9.17, 15) is 20.1 Å². The number of carboxylic acid groups (broad SMARTS) is 1. The lowest BCUT2D eigenvalue weighted by Gasteiger charge is -2.36. The zero-order valence-corrected chi connectivity index (χ0v) is 14.3. The molecule has 1 fully saturated rings. The predicted octanol–water partition coefficient (Wildman–Crippen LogP) is 1.99. The van der Waals surface area contributed by atoms with Crippen molar-refractivity contribution in [2.75, 3.05) is 0 Å². The first-order valence-electron chi connectivity index (χ1n) is 8.68. The summed E-state index contributed by atoms with van der Waals surface area (Å²) in [5.74, 6) is -1.19. The van der Waals surface area contributed by atoms with Gasteiger partial charge in [-0.3, -0.25) is 4.79 Å². The smallest absolute Gasteiger partial charge is 0.307 e. The van der Waals surface area contributed by atoms with Gasteiger partial charge in [-0.1, -0.05) is 50.5 Å². The lowest BCUT2D eigenvalue weighted by Crippen LogP contribution is -2.43. The normalized spacial score (nSPS) is 29.3. The molecule has 0 radical (unpaired) electrons. The highest BCUT2D eigenvalue weighted by Gasteiger charge is 2.35. The molecular weight excluding hydrogens is 312 g/mol. The third-order valence-corrected chi connectivity index (χ3v) is 4.17. The number of allylic oxidation sites excluding steroid dienone is 1. The Morgan fingerprint density at radius 3 is 2.71 bits per heavy atom. The van der Waals surface area contributed by atoms with Crippen molar-refractivity contribution in [3.63, 3.8) is 0 Å². The number of carboxylic acids is 1. The topological polar surface area (TPSA) is 107 Å². The van der Waals surface area contributed by atoms with Crippen LogP contribution in [0.15, 0.2) is 24.3 Å². The van der Waals surface area contributed by atoms with Crippen molar-refractivity contribution in [2.24, 2.45) is 5.92 Å². The molecule has 0 saturated carbocycles. The van der Waals surface area contributed by atoms with E-state index in [4.69, 9.17) is 9.84 Å². The van der Waals surface area contributed by atoms with Crippen LogP contribution in [0, 0.1) is 5.92 Å². The molecule has 24 heavy (non-hydrogen) atoms. The van der Waals surface area contributed by atoms with Gasteiger partial charge in [-0.15, -0.1) is 0 Å². The molecule has 1 aliphatic rings. The Bertz CT molecular complexity index is 420. The second-order valence-electron chi connectivity index (χ2n) is 6.28. The largest absolute Gasteiger partial charge is 0.481 e. The van der Waals surface area contributed by atoms with Crippen LogP contribution in [-0.4, -0.2) is 51.0 Å². The standard InChI is InChI=1S/C18H30O6/c1-2-3-4-7-13(19)10-11-16-14(8-5-6-9-17(21)22)15(20)12-18(23)24-16/h5-6,10-11,13-16,18-20,23H,2-4,7-9,12H2,1H3,(H,21,22)/b6-5-,11-10+/t13-,14?,15-,16+,18?/m0/s1. The summed E-state index contributed by atoms with van der Waals surface area (Å²) in [7, 11) is 0. The zero-order valence-electron chi connectivity index (χ0n) is 14.3. The lowest BCUT2D eigenvalue weighted by atomic mass is 9.87. The molecule has 0 spiro atoms. The van der Waals surface area contributed by atoms with E-state index in [2.05, 4.69) is 6.92 Å². The summed E-state index contributed by atoms with van der Waals surface area (Å²) < 4.78 is 5.47. The van der Waals surface area contributed by atoms with Crippen LogP contribution in [0.2, 0.25) is 0 Å². The minimum absolute atomic E-state index is 0.0665. The monoisotopic (exact) mass is 342 g/mol. The Morgan fingerprint density at radius 1 is 1.29 bits per heavy atom. The molecule has 1 saturated heterocycles. The molecule has 2 unspecified atom stereocenters. The SMILES string of the molecule is CCCCC[C@H](O)/C=C/[C@H]1OC(O)C[C@H](O)C1C/C=C\CC(=O)O. The molecule has 5 atom stereocenters. The van der Waals surface area contributed by atoms with Crippen LogP contribution >= 0.6 is 0 Å². The maximum atomic E-state index is 10.5. The van der Waals surface area contributed by atoms with Gasteiger partial charge in [-0.2, -0.15) is 0 Å². The van der Waals surface area contributed by atoms with Gasteiger partial charge in [-0.25, -0.2) is 0 Å². The Morgan fingerprint density at radius 2 is 2.04 bits per heavy atom. The third-order valence-electron chi connectivity index (χ3n) is 4.17. The van der Waals surface area contributed by atoms with Crippen LogP contribution < -0.4 is 0 Å². The summed E-state index contributed by atoms with van der Waals surface area (Å²) in [4.78, 5) is 10.5. The van der Waals surface area contributed by atoms with Gasteiger partial charge in [0, 0.05) is 12.3 Å². The quantitative estimate of drug-likeness (QED) is 0.357. The number of ether oxygens (including phenoxy) is 1. The van der Waals surface area contributed by atoms with Crippen LogP contribution in [0.25, 0.3) is 0 Å². The minimum Gasteiger partial charge on any atom is -0.481 e. The highest BCUT2D eigenvalue weighted by Crippen LogP contribution is 2.29. The first-order chi connectivity index (χ1) is 11.4. The Labute approximate surface area is 143 Å². The van der Waals surface area contributed by atoms with Crippen molar-refractivity contribution in [1.29, 1.82) is 0 Å². The van der Waals surface area contributed by atoms with Crippen LogP contribution in [0.3, 0.4) is 0 Å². The summed E-state index contributed by atoms with van der Waals surface area (Å²) in [5, 5.41) is 38.4. The van der Waals surface area contributed by atoms with E-state index in [-0.39, 0.29) is 18.8 Å². The van der Waals surface area contributed by atoms with E-state index in [0.717, 1.165) is 19.3 Å². The fraction of sp³-hybridized carbons (Fsp3) is 0.722. The second kappa shape index (κ2) is 11.4. The van der Waals surface area contributed by atoms with Crippen LogP contribution in [-0.2, 0) is 9.53 Å². The number of carbonyl (C=O) groups is 1. The Balaban J connectivity index is 2.60. The summed E-state index contributed by atoms with van der Waals surface area (Å²) in [6.07, 6.45) is 8.01. The number of aliphatic carboxylic acids is 1. The van der Waals surface area contributed by atoms with E-state index in [1.807, 2.05) is 0 Å². The summed E-state index contributed by atoms with van der Waals surface area (Å²) in [5.41, 5.74) is 0. The van der Waals surface area contributed by atoms with E-state index in [0.29, 0.717) is 12.8 Å². The molecule has 0 aromatic heterocycles. The van der Waals surface area contributed by atoms with Crippen LogP contribution in [0.5, 0.6) is 0 Å². The Kier molecular flexibility index (Phi) is 9.86. The molecule has 1 heterocycles. The molecule has 0 amide bonds. The molecule has 6 nitrogen and oxygen atoms in total. The molecule has 0 bridgehead atoms. The molecule has 6 heteroatoms. The molecule has 0 aromatic rings. The molecule has 1 aliphatic heterocycles. The second-order valence-corrected chi connectivity index (χ2v) is 6.28. The average Bonchev–Trinajstić information content (AvgIpc) is 2.51. The number of hydrogen-bond donors (Lipinski definition) is 4. The van der Waals surface area contributed by atoms with E-state index < -0.39 is 30.6 Å². The van der Waals surface area contributed by atoms with Gasteiger partial charge < -0.3 is 25.2 Å². The van der Waals surface area contributed by atoms with Crippen molar-refractivity contribution in [3.05, 3.63) is 24.3 Å². The van der Waals surface area contributed by atoms with E-state index in [1.165, 1.54) is 0 Å². The molecule has 138 valence electrons. The molecular formula is C18H30O6. The summed E-state index contributed by atoms with van der Waals surface area (Å²) >= 11 is 0. The first kappa shape index (κ1) is 20.8. The van der Waals surface area contributed by atoms with Gasteiger partial charge in [0.25, 0.3) is 0 Å². The predicted molar refractivity (Wildman–Crippen MR) is 90.3 cm³/mol. The maximum Gasteiger partial charge on any atom is 0.307 e.